The summed E-state index contributed by atoms with van der Waals surface area (Å²) >= 11 is 1.99. The van der Waals surface area contributed by atoms with Crippen molar-refractivity contribution >= 4 is 17.7 Å². The number of hydrogen-bond donors (Lipinski definition) is 1. The zero-order valence-corrected chi connectivity index (χ0v) is 11.4. The van der Waals surface area contributed by atoms with Crippen molar-refractivity contribution in [2.75, 3.05) is 12.4 Å². The van der Waals surface area contributed by atoms with E-state index < -0.39 is 0 Å². The van der Waals surface area contributed by atoms with Crippen LogP contribution in [0.4, 0.5) is 0 Å². The average molecular weight is 257 g/mol. The van der Waals surface area contributed by atoms with Crippen LogP contribution in [0.25, 0.3) is 0 Å². The Balaban J connectivity index is 1.84. The van der Waals surface area contributed by atoms with Gasteiger partial charge in [-0.3, -0.25) is 4.79 Å². The molecule has 1 saturated heterocycles. The molecule has 0 unspecified atom stereocenters. The van der Waals surface area contributed by atoms with Gasteiger partial charge in [0.05, 0.1) is 0 Å². The summed E-state index contributed by atoms with van der Waals surface area (Å²) in [4.78, 5) is 12.0. The first kappa shape index (κ1) is 13.2. The van der Waals surface area contributed by atoms with Gasteiger partial charge in [0, 0.05) is 17.9 Å². The number of thioether (sulfide) groups is 1. The lowest BCUT2D eigenvalue weighted by Gasteiger charge is -2.32. The molecule has 0 aromatic rings. The minimum absolute atomic E-state index is 0.121. The fourth-order valence-electron chi connectivity index (χ4n) is 2.74. The first-order valence-electron chi connectivity index (χ1n) is 6.85. The van der Waals surface area contributed by atoms with Crippen LogP contribution in [0.2, 0.25) is 0 Å². The van der Waals surface area contributed by atoms with Gasteiger partial charge in [0.2, 0.25) is 5.91 Å². The maximum Gasteiger partial charge on any atom is 0.249 e. The van der Waals surface area contributed by atoms with E-state index in [9.17, 15) is 4.79 Å². The zero-order chi connectivity index (χ0) is 12.1. The minimum atomic E-state index is -0.177. The quantitative estimate of drug-likeness (QED) is 0.840. The Bertz CT molecular complexity index is 252. The monoisotopic (exact) mass is 257 g/mol. The van der Waals surface area contributed by atoms with Crippen molar-refractivity contribution in [3.63, 3.8) is 0 Å². The molecule has 0 aromatic heterocycles. The highest BCUT2D eigenvalue weighted by molar-refractivity contribution is 7.99. The number of ether oxygens (including phenoxy) is 1. The second kappa shape index (κ2) is 6.64. The number of carbonyl (C=O) groups excluding carboxylic acids is 1. The average Bonchev–Trinajstić information content (AvgIpc) is 2.85. The van der Waals surface area contributed by atoms with Crippen molar-refractivity contribution < 1.29 is 9.53 Å². The van der Waals surface area contributed by atoms with Crippen molar-refractivity contribution in [2.24, 2.45) is 0 Å². The van der Waals surface area contributed by atoms with E-state index in [4.69, 9.17) is 4.74 Å². The molecule has 98 valence electrons. The maximum absolute atomic E-state index is 12.0. The van der Waals surface area contributed by atoms with Gasteiger partial charge in [0.15, 0.2) is 0 Å². The van der Waals surface area contributed by atoms with Crippen LogP contribution in [-0.4, -0.2) is 35.7 Å². The summed E-state index contributed by atoms with van der Waals surface area (Å²) in [5.41, 5.74) is 0. The lowest BCUT2D eigenvalue weighted by atomic mass is 9.94. The Morgan fingerprint density at radius 3 is 2.82 bits per heavy atom. The standard InChI is InChI=1S/C13H23NO2S/c1-2-17-12-8-4-3-6-10(12)14-13(15)11-7-5-9-16-11/h10-12H,2-9H2,1H3,(H,14,15)/t10-,11+,12-/m1/s1. The Morgan fingerprint density at radius 1 is 1.29 bits per heavy atom. The summed E-state index contributed by atoms with van der Waals surface area (Å²) in [5.74, 6) is 1.26. The van der Waals surface area contributed by atoms with Gasteiger partial charge in [0.1, 0.15) is 6.10 Å². The van der Waals surface area contributed by atoms with Crippen molar-refractivity contribution in [1.29, 1.82) is 0 Å². The van der Waals surface area contributed by atoms with Crippen LogP contribution in [-0.2, 0) is 9.53 Å². The number of carbonyl (C=O) groups is 1. The smallest absolute Gasteiger partial charge is 0.249 e. The number of hydrogen-bond acceptors (Lipinski definition) is 3. The normalized spacial score (nSPS) is 33.6. The molecule has 3 atom stereocenters. The second-order valence-corrected chi connectivity index (χ2v) is 6.41. The molecule has 1 heterocycles. The van der Waals surface area contributed by atoms with Gasteiger partial charge in [-0.1, -0.05) is 19.8 Å². The fourth-order valence-corrected chi connectivity index (χ4v) is 3.93. The van der Waals surface area contributed by atoms with E-state index in [-0.39, 0.29) is 12.0 Å². The molecule has 1 amide bonds. The van der Waals surface area contributed by atoms with E-state index in [0.717, 1.165) is 31.6 Å². The zero-order valence-electron chi connectivity index (χ0n) is 10.6. The third-order valence-electron chi connectivity index (χ3n) is 3.63. The van der Waals surface area contributed by atoms with Crippen LogP contribution in [0.3, 0.4) is 0 Å². The molecular weight excluding hydrogens is 234 g/mol. The summed E-state index contributed by atoms with van der Waals surface area (Å²) in [6.07, 6.45) is 6.68. The lowest BCUT2D eigenvalue weighted by molar-refractivity contribution is -0.130. The Hall–Kier alpha value is -0.220. The van der Waals surface area contributed by atoms with Crippen LogP contribution in [0.15, 0.2) is 0 Å². The van der Waals surface area contributed by atoms with Crippen molar-refractivity contribution in [2.45, 2.75) is 62.8 Å². The van der Waals surface area contributed by atoms with Gasteiger partial charge in [-0.25, -0.2) is 0 Å². The molecule has 1 aliphatic carbocycles. The molecule has 1 aliphatic heterocycles. The summed E-state index contributed by atoms with van der Waals surface area (Å²) in [7, 11) is 0. The van der Waals surface area contributed by atoms with Crippen LogP contribution >= 0.6 is 11.8 Å². The summed E-state index contributed by atoms with van der Waals surface area (Å²) in [6, 6.07) is 0.366. The molecule has 4 heteroatoms. The molecule has 0 bridgehead atoms. The van der Waals surface area contributed by atoms with Crippen molar-refractivity contribution in [3.05, 3.63) is 0 Å². The summed E-state index contributed by atoms with van der Waals surface area (Å²) < 4.78 is 5.43. The molecule has 17 heavy (non-hydrogen) atoms. The Labute approximate surface area is 108 Å². The molecule has 1 N–H and O–H groups in total. The molecule has 0 radical (unpaired) electrons. The molecule has 0 aromatic carbocycles. The first-order chi connectivity index (χ1) is 8.31. The highest BCUT2D eigenvalue weighted by atomic mass is 32.2. The van der Waals surface area contributed by atoms with Gasteiger partial charge in [-0.05, 0) is 31.4 Å². The fraction of sp³-hybridized carbons (Fsp3) is 0.923. The Kier molecular flexibility index (Phi) is 5.16. The van der Waals surface area contributed by atoms with E-state index in [1.54, 1.807) is 0 Å². The minimum Gasteiger partial charge on any atom is -0.368 e. The predicted molar refractivity (Wildman–Crippen MR) is 71.3 cm³/mol. The molecule has 2 aliphatic rings. The van der Waals surface area contributed by atoms with Crippen molar-refractivity contribution in [1.82, 2.24) is 5.32 Å². The SMILES string of the molecule is CCS[C@@H]1CCCC[C@H]1NC(=O)[C@@H]1CCCO1. The highest BCUT2D eigenvalue weighted by Crippen LogP contribution is 2.29. The van der Waals surface area contributed by atoms with Crippen molar-refractivity contribution in [3.8, 4) is 0 Å². The highest BCUT2D eigenvalue weighted by Gasteiger charge is 2.30. The lowest BCUT2D eigenvalue weighted by Crippen LogP contribution is -2.47. The van der Waals surface area contributed by atoms with Crippen LogP contribution in [0.1, 0.15) is 45.4 Å². The van der Waals surface area contributed by atoms with Gasteiger partial charge in [-0.15, -0.1) is 0 Å². The second-order valence-electron chi connectivity index (χ2n) is 4.89. The molecular formula is C13H23NO2S. The summed E-state index contributed by atoms with van der Waals surface area (Å²) in [6.45, 7) is 2.94. The summed E-state index contributed by atoms with van der Waals surface area (Å²) in [5, 5.41) is 3.82. The van der Waals surface area contributed by atoms with Gasteiger partial charge in [-0.2, -0.15) is 11.8 Å². The van der Waals surface area contributed by atoms with E-state index in [1.807, 2.05) is 11.8 Å². The third kappa shape index (κ3) is 3.62. The molecule has 2 fully saturated rings. The molecule has 2 rings (SSSR count). The Morgan fingerprint density at radius 2 is 2.12 bits per heavy atom. The maximum atomic E-state index is 12.0. The molecule has 3 nitrogen and oxygen atoms in total. The van der Waals surface area contributed by atoms with Crippen LogP contribution < -0.4 is 5.32 Å². The van der Waals surface area contributed by atoms with Gasteiger partial charge in [0.25, 0.3) is 0 Å². The number of rotatable bonds is 4. The molecule has 0 spiro atoms. The number of nitrogens with one attached hydrogen (secondary N) is 1. The van der Waals surface area contributed by atoms with E-state index in [2.05, 4.69) is 12.2 Å². The van der Waals surface area contributed by atoms with E-state index in [0.29, 0.717) is 11.3 Å². The van der Waals surface area contributed by atoms with E-state index in [1.165, 1.54) is 19.3 Å². The van der Waals surface area contributed by atoms with Gasteiger partial charge >= 0.3 is 0 Å². The van der Waals surface area contributed by atoms with E-state index >= 15 is 0 Å². The largest absolute Gasteiger partial charge is 0.368 e. The molecule has 1 saturated carbocycles. The topological polar surface area (TPSA) is 38.3 Å². The first-order valence-corrected chi connectivity index (χ1v) is 7.89. The predicted octanol–water partition coefficient (Wildman–Crippen LogP) is 2.35. The van der Waals surface area contributed by atoms with Crippen LogP contribution in [0.5, 0.6) is 0 Å². The van der Waals surface area contributed by atoms with Crippen LogP contribution in [0, 0.1) is 0 Å². The third-order valence-corrected chi connectivity index (χ3v) is 4.96. The van der Waals surface area contributed by atoms with Gasteiger partial charge < -0.3 is 10.1 Å². The number of amides is 1.